The third-order valence-electron chi connectivity index (χ3n) is 3.40. The Morgan fingerprint density at radius 1 is 1.35 bits per heavy atom. The number of hydrogen-bond donors (Lipinski definition) is 0. The highest BCUT2D eigenvalue weighted by Crippen LogP contribution is 2.52. The highest BCUT2D eigenvalue weighted by molar-refractivity contribution is 8.03. The maximum absolute atomic E-state index is 11.1. The van der Waals surface area contributed by atoms with Crippen LogP contribution in [0.25, 0.3) is 0 Å². The molecular formula is C11H15NO3P2. The number of nitrogens with zero attached hydrogens (tertiary/aromatic N) is 1. The van der Waals surface area contributed by atoms with Gasteiger partial charge in [-0.15, -0.1) is 11.8 Å². The summed E-state index contributed by atoms with van der Waals surface area (Å²) in [6, 6.07) is 0. The van der Waals surface area contributed by atoms with Gasteiger partial charge in [-0.05, 0) is 39.5 Å². The Hall–Kier alpha value is -0.730. The van der Waals surface area contributed by atoms with Gasteiger partial charge in [-0.2, -0.15) is 5.00 Å². The molecule has 0 aliphatic heterocycles. The summed E-state index contributed by atoms with van der Waals surface area (Å²) in [6.07, 6.45) is 3.35. The van der Waals surface area contributed by atoms with Crippen LogP contribution in [-0.2, 0) is 9.26 Å². The molecule has 0 bridgehead atoms. The average Bonchev–Trinajstić information content (AvgIpc) is 2.84. The van der Waals surface area contributed by atoms with Gasteiger partial charge in [-0.25, -0.2) is 4.79 Å². The van der Waals surface area contributed by atoms with Crippen molar-refractivity contribution in [2.75, 3.05) is 6.61 Å². The van der Waals surface area contributed by atoms with Gasteiger partial charge in [-0.1, -0.05) is 0 Å². The van der Waals surface area contributed by atoms with Crippen molar-refractivity contribution in [3.63, 3.8) is 0 Å². The number of hydrogen-bond acceptors (Lipinski definition) is 4. The zero-order chi connectivity index (χ0) is 12.3. The Kier molecular flexibility index (Phi) is 4.30. The van der Waals surface area contributed by atoms with Crippen molar-refractivity contribution in [3.8, 4) is 11.8 Å². The monoisotopic (exact) mass is 271 g/mol. The van der Waals surface area contributed by atoms with Crippen LogP contribution in [0.2, 0.25) is 0 Å². The van der Waals surface area contributed by atoms with Gasteiger partial charge in [0.2, 0.25) is 0 Å². The Balaban J connectivity index is 1.72. The van der Waals surface area contributed by atoms with Crippen LogP contribution in [0.4, 0.5) is 4.79 Å². The lowest BCUT2D eigenvalue weighted by molar-refractivity contribution is 0.0977. The quantitative estimate of drug-likeness (QED) is 0.439. The maximum Gasteiger partial charge on any atom is 0.518 e. The molecule has 1 fully saturated rings. The van der Waals surface area contributed by atoms with Crippen molar-refractivity contribution in [2.45, 2.75) is 25.7 Å². The number of fused-ring (bicyclic) bond motifs is 1. The lowest BCUT2D eigenvalue weighted by Gasteiger charge is -2.02. The molecule has 3 unspecified atom stereocenters. The smallest absolute Gasteiger partial charge is 0.433 e. The first kappa shape index (κ1) is 12.7. The molecule has 4 nitrogen and oxygen atoms in total. The molecule has 0 amide bonds. The normalized spacial score (nSPS) is 30.8. The summed E-state index contributed by atoms with van der Waals surface area (Å²) in [7, 11) is 0.275. The zero-order valence-electron chi connectivity index (χ0n) is 9.46. The minimum atomic E-state index is -1.75. The summed E-state index contributed by atoms with van der Waals surface area (Å²) in [5.41, 5.74) is 0. The van der Waals surface area contributed by atoms with Crippen LogP contribution in [0, 0.1) is 34.6 Å². The largest absolute Gasteiger partial charge is 0.518 e. The Bertz CT molecular complexity index is 413. The van der Waals surface area contributed by atoms with E-state index in [-0.39, 0.29) is 0 Å². The number of ether oxygens (including phenoxy) is 1. The van der Waals surface area contributed by atoms with Gasteiger partial charge >= 0.3 is 6.16 Å². The molecule has 1 saturated carbocycles. The van der Waals surface area contributed by atoms with Gasteiger partial charge in [0.05, 0.1) is 6.61 Å². The molecule has 0 aromatic heterocycles. The SMILES string of the molecule is N#P(P)OC(=O)OCC1[C@H]2CCC#CCC[C@@H]12. The van der Waals surface area contributed by atoms with Gasteiger partial charge in [0.1, 0.15) is 0 Å². The van der Waals surface area contributed by atoms with Crippen LogP contribution in [0.3, 0.4) is 0 Å². The third-order valence-corrected chi connectivity index (χ3v) is 4.05. The zero-order valence-corrected chi connectivity index (χ0v) is 11.5. The molecule has 2 aliphatic carbocycles. The number of carbonyl (C=O) groups is 1. The van der Waals surface area contributed by atoms with Gasteiger partial charge in [0.15, 0.2) is 0 Å². The molecule has 0 aromatic rings. The van der Waals surface area contributed by atoms with Crippen LogP contribution in [0.1, 0.15) is 25.7 Å². The molecule has 2 aliphatic rings. The topological polar surface area (TPSA) is 59.3 Å². The highest BCUT2D eigenvalue weighted by atomic mass is 32.0. The third kappa shape index (κ3) is 3.62. The standard InChI is InChI=1S/C11H15NO3P2/c12-17(16)15-11(13)14-7-10-8-5-3-1-2-4-6-9(8)10/h8-10H,3-7,16H2/t8-,9+,10?. The Labute approximate surface area is 104 Å². The first-order valence-corrected chi connectivity index (χ1v) is 8.55. The molecular weight excluding hydrogens is 256 g/mol. The molecule has 92 valence electrons. The van der Waals surface area contributed by atoms with E-state index < -0.39 is 13.6 Å². The predicted octanol–water partition coefficient (Wildman–Crippen LogP) is 3.25. The van der Waals surface area contributed by atoms with E-state index in [9.17, 15) is 4.79 Å². The Morgan fingerprint density at radius 2 is 1.94 bits per heavy atom. The molecule has 0 N–H and O–H groups in total. The van der Waals surface area contributed by atoms with E-state index in [0.717, 1.165) is 25.7 Å². The summed E-state index contributed by atoms with van der Waals surface area (Å²) in [6.45, 7) is 0.405. The van der Waals surface area contributed by atoms with E-state index in [0.29, 0.717) is 24.4 Å². The van der Waals surface area contributed by atoms with E-state index in [1.54, 1.807) is 0 Å². The van der Waals surface area contributed by atoms with Crippen molar-refractivity contribution in [1.29, 1.82) is 5.00 Å². The minimum Gasteiger partial charge on any atom is -0.433 e. The second-order valence-electron chi connectivity index (χ2n) is 4.38. The van der Waals surface area contributed by atoms with Crippen LogP contribution >= 0.6 is 16.4 Å². The second kappa shape index (κ2) is 5.74. The van der Waals surface area contributed by atoms with Crippen molar-refractivity contribution in [3.05, 3.63) is 0 Å². The molecule has 0 spiro atoms. The predicted molar refractivity (Wildman–Crippen MR) is 67.5 cm³/mol. The minimum absolute atomic E-state index is 0.405. The first-order valence-electron chi connectivity index (χ1n) is 5.72. The van der Waals surface area contributed by atoms with E-state index in [1.807, 2.05) is 8.93 Å². The Morgan fingerprint density at radius 3 is 2.47 bits per heavy atom. The van der Waals surface area contributed by atoms with Gasteiger partial charge in [0.25, 0.3) is 7.47 Å². The van der Waals surface area contributed by atoms with Gasteiger partial charge < -0.3 is 9.26 Å². The highest BCUT2D eigenvalue weighted by Gasteiger charge is 2.49. The van der Waals surface area contributed by atoms with Crippen LogP contribution < -0.4 is 0 Å². The fraction of sp³-hybridized carbons (Fsp3) is 0.727. The van der Waals surface area contributed by atoms with E-state index in [4.69, 9.17) is 9.74 Å². The van der Waals surface area contributed by atoms with Crippen LogP contribution in [-0.4, -0.2) is 12.8 Å². The summed E-state index contributed by atoms with van der Waals surface area (Å²) >= 11 is 0. The van der Waals surface area contributed by atoms with E-state index in [1.165, 1.54) is 0 Å². The van der Waals surface area contributed by atoms with Crippen molar-refractivity contribution in [1.82, 2.24) is 0 Å². The van der Waals surface area contributed by atoms with Crippen molar-refractivity contribution in [2.24, 2.45) is 17.8 Å². The first-order chi connectivity index (χ1) is 8.18. The van der Waals surface area contributed by atoms with E-state index >= 15 is 0 Å². The number of rotatable bonds is 2. The van der Waals surface area contributed by atoms with E-state index in [2.05, 4.69) is 16.4 Å². The lowest BCUT2D eigenvalue weighted by atomic mass is 10.1. The molecule has 17 heavy (non-hydrogen) atoms. The lowest BCUT2D eigenvalue weighted by Crippen LogP contribution is -2.06. The summed E-state index contributed by atoms with van der Waals surface area (Å²) in [5, 5.41) is 8.87. The fourth-order valence-corrected chi connectivity index (χ4v) is 3.01. The van der Waals surface area contributed by atoms with Gasteiger partial charge in [0, 0.05) is 12.8 Å². The van der Waals surface area contributed by atoms with Crippen LogP contribution in [0.15, 0.2) is 0 Å². The molecule has 2 rings (SSSR count). The van der Waals surface area contributed by atoms with Gasteiger partial charge in [-0.3, -0.25) is 0 Å². The second-order valence-corrected chi connectivity index (χ2v) is 6.49. The molecule has 0 saturated heterocycles. The number of carbonyl (C=O) groups excluding carboxylic acids is 1. The fourth-order valence-electron chi connectivity index (χ4n) is 2.55. The molecule has 0 aromatic carbocycles. The summed E-state index contributed by atoms with van der Waals surface area (Å²) < 4.78 is 9.52. The maximum atomic E-state index is 11.1. The van der Waals surface area contributed by atoms with Crippen molar-refractivity contribution < 1.29 is 14.1 Å². The molecule has 5 atom stereocenters. The average molecular weight is 271 g/mol. The summed E-state index contributed by atoms with van der Waals surface area (Å²) in [5.74, 6) is 8.05. The van der Waals surface area contributed by atoms with Crippen molar-refractivity contribution >= 4 is 22.6 Å². The van der Waals surface area contributed by atoms with Crippen LogP contribution in [0.5, 0.6) is 0 Å². The molecule has 0 heterocycles. The molecule has 0 radical (unpaired) electrons. The molecule has 6 heteroatoms. The summed E-state index contributed by atoms with van der Waals surface area (Å²) in [4.78, 5) is 11.1.